The van der Waals surface area contributed by atoms with Crippen molar-refractivity contribution in [3.8, 4) is 5.75 Å². The van der Waals surface area contributed by atoms with Crippen LogP contribution in [0.4, 0.5) is 30.2 Å². The van der Waals surface area contributed by atoms with E-state index in [1.165, 1.54) is 18.2 Å². The predicted molar refractivity (Wildman–Crippen MR) is 118 cm³/mol. The van der Waals surface area contributed by atoms with E-state index in [1.54, 1.807) is 0 Å². The molecule has 2 aromatic carbocycles. The molecular formula is C19H20F3IN2O5S. The van der Waals surface area contributed by atoms with E-state index in [4.69, 9.17) is 9.84 Å². The third-order valence-electron chi connectivity index (χ3n) is 5.02. The third kappa shape index (κ3) is 4.86. The van der Waals surface area contributed by atoms with Gasteiger partial charge in [-0.3, -0.25) is 4.72 Å². The van der Waals surface area contributed by atoms with Crippen LogP contribution in [0, 0.1) is 21.0 Å². The zero-order valence-corrected chi connectivity index (χ0v) is 19.2. The van der Waals surface area contributed by atoms with Crippen molar-refractivity contribution < 1.29 is 36.5 Å². The molecule has 0 aromatic heterocycles. The average Bonchev–Trinajstić information content (AvgIpc) is 3.50. The lowest BCUT2D eigenvalue weighted by Gasteiger charge is -2.22. The van der Waals surface area contributed by atoms with Crippen LogP contribution in [0.15, 0.2) is 24.3 Å². The van der Waals surface area contributed by atoms with Gasteiger partial charge in [0, 0.05) is 9.64 Å². The lowest BCUT2D eigenvalue weighted by molar-refractivity contribution is 0.0858. The molecule has 1 atom stereocenters. The van der Waals surface area contributed by atoms with Gasteiger partial charge in [0.1, 0.15) is 11.5 Å². The Kier molecular flexibility index (Phi) is 6.93. The van der Waals surface area contributed by atoms with Gasteiger partial charge in [-0.15, -0.1) is 0 Å². The summed E-state index contributed by atoms with van der Waals surface area (Å²) < 4.78 is 75.6. The van der Waals surface area contributed by atoms with Crippen molar-refractivity contribution in [3.63, 3.8) is 0 Å². The Bertz CT molecular complexity index is 1100. The van der Waals surface area contributed by atoms with Crippen LogP contribution in [0.5, 0.6) is 5.75 Å². The monoisotopic (exact) mass is 572 g/mol. The zero-order chi connectivity index (χ0) is 23.0. The van der Waals surface area contributed by atoms with Gasteiger partial charge >= 0.3 is 0 Å². The van der Waals surface area contributed by atoms with Crippen LogP contribution in [0.25, 0.3) is 0 Å². The number of hydrogen-bond donors (Lipinski definition) is 4. The quantitative estimate of drug-likeness (QED) is 0.343. The molecule has 12 heteroatoms. The number of benzene rings is 2. The van der Waals surface area contributed by atoms with Gasteiger partial charge in [-0.2, -0.15) is 4.39 Å². The van der Waals surface area contributed by atoms with Crippen LogP contribution in [-0.2, 0) is 10.0 Å². The molecule has 0 bridgehead atoms. The minimum absolute atomic E-state index is 0.193. The van der Waals surface area contributed by atoms with Crippen LogP contribution in [0.1, 0.15) is 19.3 Å². The molecule has 1 aliphatic rings. The Morgan fingerprint density at radius 3 is 2.42 bits per heavy atom. The van der Waals surface area contributed by atoms with Crippen molar-refractivity contribution in [2.45, 2.75) is 30.1 Å². The highest BCUT2D eigenvalue weighted by Gasteiger charge is 2.55. The fourth-order valence-electron chi connectivity index (χ4n) is 3.15. The normalized spacial score (nSPS) is 16.0. The molecule has 0 aliphatic heterocycles. The number of aliphatic hydroxyl groups excluding tert-OH is 2. The highest BCUT2D eigenvalue weighted by molar-refractivity contribution is 14.1. The minimum Gasteiger partial charge on any atom is -0.493 e. The predicted octanol–water partition coefficient (Wildman–Crippen LogP) is 3.48. The molecule has 170 valence electrons. The van der Waals surface area contributed by atoms with Gasteiger partial charge in [0.15, 0.2) is 11.6 Å². The van der Waals surface area contributed by atoms with Crippen LogP contribution >= 0.6 is 22.6 Å². The van der Waals surface area contributed by atoms with E-state index < -0.39 is 62.1 Å². The zero-order valence-electron chi connectivity index (χ0n) is 16.3. The Labute approximate surface area is 190 Å². The molecule has 0 spiro atoms. The SMILES string of the molecule is COc1cc(NS(=O)(=O)C2(CC(O)CO)CC2)c(Nc2ccc(I)cc2F)c(F)c1F. The topological polar surface area (TPSA) is 108 Å². The summed E-state index contributed by atoms with van der Waals surface area (Å²) in [6, 6.07) is 4.95. The van der Waals surface area contributed by atoms with Crippen molar-refractivity contribution >= 4 is 49.7 Å². The molecule has 1 aliphatic carbocycles. The molecule has 1 unspecified atom stereocenters. The van der Waals surface area contributed by atoms with Gasteiger partial charge in [-0.1, -0.05) is 0 Å². The molecule has 2 aromatic rings. The second-order valence-corrected chi connectivity index (χ2v) is 10.5. The maximum atomic E-state index is 14.8. The maximum absolute atomic E-state index is 14.8. The lowest BCUT2D eigenvalue weighted by atomic mass is 10.2. The standard InChI is InChI=1S/C19H20F3IN2O5S/c1-30-15-7-14(25-31(28,29)19(4-5-19)8-11(27)9-26)18(17(22)16(15)21)24-13-3-2-10(23)6-12(13)20/h2-3,6-7,11,24-27H,4-5,8-9H2,1H3. The number of anilines is 3. The Morgan fingerprint density at radius 1 is 1.19 bits per heavy atom. The van der Waals surface area contributed by atoms with Crippen LogP contribution < -0.4 is 14.8 Å². The Morgan fingerprint density at radius 2 is 1.87 bits per heavy atom. The maximum Gasteiger partial charge on any atom is 0.238 e. The molecular weight excluding hydrogens is 552 g/mol. The first-order chi connectivity index (χ1) is 14.5. The number of nitrogens with one attached hydrogen (secondary N) is 2. The second kappa shape index (κ2) is 9.00. The van der Waals surface area contributed by atoms with E-state index in [0.717, 1.165) is 13.2 Å². The van der Waals surface area contributed by atoms with Crippen LogP contribution in [0.3, 0.4) is 0 Å². The van der Waals surface area contributed by atoms with Gasteiger partial charge in [-0.05, 0) is 60.1 Å². The first-order valence-electron chi connectivity index (χ1n) is 9.13. The number of methoxy groups -OCH3 is 1. The lowest BCUT2D eigenvalue weighted by Crippen LogP contribution is -2.34. The van der Waals surface area contributed by atoms with Crippen molar-refractivity contribution in [2.24, 2.45) is 0 Å². The summed E-state index contributed by atoms with van der Waals surface area (Å²) in [5.41, 5.74) is -1.21. The number of sulfonamides is 1. The van der Waals surface area contributed by atoms with Crippen molar-refractivity contribution in [2.75, 3.05) is 23.8 Å². The van der Waals surface area contributed by atoms with Gasteiger partial charge < -0.3 is 20.3 Å². The van der Waals surface area contributed by atoms with Crippen molar-refractivity contribution in [1.82, 2.24) is 0 Å². The third-order valence-corrected chi connectivity index (χ3v) is 7.90. The molecule has 31 heavy (non-hydrogen) atoms. The van der Waals surface area contributed by atoms with Crippen LogP contribution in [-0.4, -0.2) is 43.2 Å². The van der Waals surface area contributed by atoms with E-state index in [-0.39, 0.29) is 24.9 Å². The van der Waals surface area contributed by atoms with E-state index >= 15 is 0 Å². The Hall–Kier alpha value is -1.77. The molecule has 1 fully saturated rings. The van der Waals surface area contributed by atoms with Crippen molar-refractivity contribution in [3.05, 3.63) is 45.3 Å². The first-order valence-corrected chi connectivity index (χ1v) is 11.7. The number of ether oxygens (including phenoxy) is 1. The number of hydrogen-bond acceptors (Lipinski definition) is 6. The van der Waals surface area contributed by atoms with E-state index in [0.29, 0.717) is 3.57 Å². The summed E-state index contributed by atoms with van der Waals surface area (Å²) in [4.78, 5) is 0. The average molecular weight is 572 g/mol. The molecule has 4 N–H and O–H groups in total. The summed E-state index contributed by atoms with van der Waals surface area (Å²) in [5.74, 6) is -4.14. The highest BCUT2D eigenvalue weighted by Crippen LogP contribution is 2.49. The van der Waals surface area contributed by atoms with Gasteiger partial charge in [0.25, 0.3) is 0 Å². The van der Waals surface area contributed by atoms with E-state index in [9.17, 15) is 26.7 Å². The van der Waals surface area contributed by atoms with E-state index in [1.807, 2.05) is 22.6 Å². The smallest absolute Gasteiger partial charge is 0.238 e. The molecule has 3 rings (SSSR count). The molecule has 0 heterocycles. The summed E-state index contributed by atoms with van der Waals surface area (Å²) in [6.07, 6.45) is -1.05. The first kappa shape index (κ1) is 23.9. The summed E-state index contributed by atoms with van der Waals surface area (Å²) in [5, 5.41) is 21.2. The number of rotatable bonds is 9. The molecule has 7 nitrogen and oxygen atoms in total. The minimum atomic E-state index is -4.19. The van der Waals surface area contributed by atoms with Gasteiger partial charge in [-0.25, -0.2) is 17.2 Å². The fourth-order valence-corrected chi connectivity index (χ4v) is 5.32. The molecule has 1 saturated carbocycles. The van der Waals surface area contributed by atoms with Gasteiger partial charge in [0.2, 0.25) is 15.8 Å². The highest BCUT2D eigenvalue weighted by atomic mass is 127. The van der Waals surface area contributed by atoms with Crippen molar-refractivity contribution in [1.29, 1.82) is 0 Å². The summed E-state index contributed by atoms with van der Waals surface area (Å²) >= 11 is 1.88. The number of halogens is 4. The summed E-state index contributed by atoms with van der Waals surface area (Å²) in [6.45, 7) is -0.616. The molecule has 0 amide bonds. The summed E-state index contributed by atoms with van der Waals surface area (Å²) in [7, 11) is -3.11. The molecule has 0 radical (unpaired) electrons. The number of aliphatic hydroxyl groups is 2. The second-order valence-electron chi connectivity index (χ2n) is 7.21. The largest absolute Gasteiger partial charge is 0.493 e. The van der Waals surface area contributed by atoms with Crippen LogP contribution in [0.2, 0.25) is 0 Å². The van der Waals surface area contributed by atoms with Gasteiger partial charge in [0.05, 0.1) is 35.9 Å². The Balaban J connectivity index is 2.03. The van der Waals surface area contributed by atoms with E-state index in [2.05, 4.69) is 10.0 Å². The fraction of sp³-hybridized carbons (Fsp3) is 0.368. The molecule has 0 saturated heterocycles.